The maximum atomic E-state index is 5.36. The summed E-state index contributed by atoms with van der Waals surface area (Å²) in [7, 11) is 0. The van der Waals surface area contributed by atoms with Gasteiger partial charge in [-0.25, -0.2) is 0 Å². The van der Waals surface area contributed by atoms with Gasteiger partial charge in [-0.2, -0.15) is 0 Å². The molecule has 64 valence electrons. The standard InChI is InChI=1S/C8H11N.ClH.FH/c9-7-6-8-4-2-1-3-5-8;;/h1-5H,6-7,9H2;2*1H. The monoisotopic (exact) mass is 177 g/mol. The zero-order valence-corrected chi connectivity index (χ0v) is 7.01. The van der Waals surface area contributed by atoms with Crippen LogP contribution in [0.4, 0.5) is 4.70 Å². The summed E-state index contributed by atoms with van der Waals surface area (Å²) in [4.78, 5) is 0. The third-order valence-electron chi connectivity index (χ3n) is 1.28. The van der Waals surface area contributed by atoms with Gasteiger partial charge in [-0.3, -0.25) is 4.70 Å². The molecule has 0 unspecified atom stereocenters. The van der Waals surface area contributed by atoms with Crippen molar-refractivity contribution in [1.29, 1.82) is 0 Å². The van der Waals surface area contributed by atoms with Crippen molar-refractivity contribution in [2.24, 2.45) is 5.73 Å². The summed E-state index contributed by atoms with van der Waals surface area (Å²) in [5, 5.41) is 0. The van der Waals surface area contributed by atoms with Gasteiger partial charge in [0.05, 0.1) is 0 Å². The molecule has 0 aromatic heterocycles. The molecule has 0 aliphatic rings. The van der Waals surface area contributed by atoms with E-state index in [0.29, 0.717) is 0 Å². The summed E-state index contributed by atoms with van der Waals surface area (Å²) in [6.07, 6.45) is 0.987. The molecule has 11 heavy (non-hydrogen) atoms. The van der Waals surface area contributed by atoms with Crippen LogP contribution in [-0.4, -0.2) is 6.54 Å². The lowest BCUT2D eigenvalue weighted by molar-refractivity contribution is 0.969. The first-order chi connectivity index (χ1) is 4.43. The molecular formula is C8H13ClFN. The lowest BCUT2D eigenvalue weighted by Gasteiger charge is -1.93. The lowest BCUT2D eigenvalue weighted by Crippen LogP contribution is -2.01. The van der Waals surface area contributed by atoms with E-state index in [1.807, 2.05) is 18.2 Å². The highest BCUT2D eigenvalue weighted by Crippen LogP contribution is 1.96. The molecule has 0 aliphatic heterocycles. The largest absolute Gasteiger partial charge is 0.330 e. The summed E-state index contributed by atoms with van der Waals surface area (Å²) in [5.41, 5.74) is 6.68. The summed E-state index contributed by atoms with van der Waals surface area (Å²) >= 11 is 0. The Labute approximate surface area is 72.4 Å². The Morgan fingerprint density at radius 2 is 1.64 bits per heavy atom. The van der Waals surface area contributed by atoms with E-state index in [1.165, 1.54) is 5.56 Å². The first-order valence-electron chi connectivity index (χ1n) is 3.17. The van der Waals surface area contributed by atoms with Crippen LogP contribution in [0.2, 0.25) is 0 Å². The summed E-state index contributed by atoms with van der Waals surface area (Å²) < 4.78 is 0. The number of benzene rings is 1. The van der Waals surface area contributed by atoms with Gasteiger partial charge >= 0.3 is 0 Å². The minimum atomic E-state index is 0. The van der Waals surface area contributed by atoms with Crippen LogP contribution in [0.1, 0.15) is 5.56 Å². The van der Waals surface area contributed by atoms with E-state index < -0.39 is 0 Å². The highest BCUT2D eigenvalue weighted by molar-refractivity contribution is 5.85. The molecule has 1 aromatic rings. The molecule has 0 spiro atoms. The molecule has 0 radical (unpaired) electrons. The highest BCUT2D eigenvalue weighted by Gasteiger charge is 1.84. The average Bonchev–Trinajstić information content (AvgIpc) is 1.91. The third-order valence-corrected chi connectivity index (χ3v) is 1.28. The molecule has 0 fully saturated rings. The molecular weight excluding hydrogens is 165 g/mol. The fourth-order valence-corrected chi connectivity index (χ4v) is 0.811. The van der Waals surface area contributed by atoms with Gasteiger partial charge in [0.1, 0.15) is 0 Å². The van der Waals surface area contributed by atoms with Crippen molar-refractivity contribution in [3.8, 4) is 0 Å². The Balaban J connectivity index is 0. The van der Waals surface area contributed by atoms with Gasteiger partial charge in [-0.1, -0.05) is 30.3 Å². The van der Waals surface area contributed by atoms with Crippen LogP contribution < -0.4 is 5.73 Å². The van der Waals surface area contributed by atoms with E-state index in [9.17, 15) is 0 Å². The van der Waals surface area contributed by atoms with Gasteiger partial charge < -0.3 is 5.73 Å². The van der Waals surface area contributed by atoms with Crippen LogP contribution in [0.3, 0.4) is 0 Å². The Kier molecular flexibility index (Phi) is 8.89. The second-order valence-corrected chi connectivity index (χ2v) is 2.02. The molecule has 1 rings (SSSR count). The van der Waals surface area contributed by atoms with Crippen molar-refractivity contribution in [2.45, 2.75) is 6.42 Å². The predicted molar refractivity (Wildman–Crippen MR) is 49.0 cm³/mol. The van der Waals surface area contributed by atoms with E-state index in [4.69, 9.17) is 5.73 Å². The van der Waals surface area contributed by atoms with Crippen LogP contribution in [0.5, 0.6) is 0 Å². The van der Waals surface area contributed by atoms with Gasteiger partial charge in [-0.05, 0) is 18.5 Å². The molecule has 0 saturated carbocycles. The zero-order valence-electron chi connectivity index (χ0n) is 6.19. The van der Waals surface area contributed by atoms with E-state index >= 15 is 0 Å². The van der Waals surface area contributed by atoms with Crippen LogP contribution in [-0.2, 0) is 6.42 Å². The zero-order chi connectivity index (χ0) is 6.53. The number of nitrogens with two attached hydrogens (primary N) is 1. The minimum absolute atomic E-state index is 0. The molecule has 0 amide bonds. The summed E-state index contributed by atoms with van der Waals surface area (Å²) in [6.45, 7) is 0.740. The van der Waals surface area contributed by atoms with Crippen molar-refractivity contribution in [2.75, 3.05) is 6.54 Å². The van der Waals surface area contributed by atoms with Crippen molar-refractivity contribution in [1.82, 2.24) is 0 Å². The maximum Gasteiger partial charge on any atom is -0.00367 e. The number of halogens is 2. The highest BCUT2D eigenvalue weighted by atomic mass is 35.5. The van der Waals surface area contributed by atoms with Crippen LogP contribution in [0.25, 0.3) is 0 Å². The SMILES string of the molecule is Cl.F.NCCc1ccccc1. The maximum absolute atomic E-state index is 5.36. The van der Waals surface area contributed by atoms with Gasteiger partial charge in [0.15, 0.2) is 0 Å². The first kappa shape index (κ1) is 13.0. The number of hydrogen-bond acceptors (Lipinski definition) is 1. The molecule has 2 N–H and O–H groups in total. The van der Waals surface area contributed by atoms with Crippen LogP contribution in [0, 0.1) is 0 Å². The van der Waals surface area contributed by atoms with Crippen molar-refractivity contribution < 1.29 is 4.70 Å². The second-order valence-electron chi connectivity index (χ2n) is 2.02. The molecule has 0 bridgehead atoms. The van der Waals surface area contributed by atoms with Crippen molar-refractivity contribution in [3.05, 3.63) is 35.9 Å². The fourth-order valence-electron chi connectivity index (χ4n) is 0.811. The molecule has 0 heterocycles. The fraction of sp³-hybridized carbons (Fsp3) is 0.250. The van der Waals surface area contributed by atoms with E-state index in [0.717, 1.165) is 13.0 Å². The van der Waals surface area contributed by atoms with Crippen LogP contribution >= 0.6 is 12.4 Å². The Bertz CT molecular complexity index is 167. The minimum Gasteiger partial charge on any atom is -0.330 e. The molecule has 0 atom stereocenters. The smallest absolute Gasteiger partial charge is 0.00367 e. The van der Waals surface area contributed by atoms with E-state index in [-0.39, 0.29) is 17.1 Å². The third kappa shape index (κ3) is 4.76. The predicted octanol–water partition coefficient (Wildman–Crippen LogP) is 1.76. The van der Waals surface area contributed by atoms with Gasteiger partial charge in [0.2, 0.25) is 0 Å². The topological polar surface area (TPSA) is 26.0 Å². The average molecular weight is 178 g/mol. The molecule has 0 saturated heterocycles. The Hall–Kier alpha value is -0.600. The lowest BCUT2D eigenvalue weighted by atomic mass is 10.2. The van der Waals surface area contributed by atoms with Crippen molar-refractivity contribution in [3.63, 3.8) is 0 Å². The Morgan fingerprint density at radius 3 is 2.09 bits per heavy atom. The van der Waals surface area contributed by atoms with Gasteiger partial charge in [0.25, 0.3) is 0 Å². The van der Waals surface area contributed by atoms with Crippen LogP contribution in [0.15, 0.2) is 30.3 Å². The normalized spacial score (nSPS) is 7.73. The summed E-state index contributed by atoms with van der Waals surface area (Å²) in [6, 6.07) is 10.3. The molecule has 1 nitrogen and oxygen atoms in total. The Morgan fingerprint density at radius 1 is 1.09 bits per heavy atom. The molecule has 1 aromatic carbocycles. The second kappa shape index (κ2) is 7.51. The van der Waals surface area contributed by atoms with E-state index in [2.05, 4.69) is 12.1 Å². The number of rotatable bonds is 2. The first-order valence-corrected chi connectivity index (χ1v) is 3.17. The molecule has 3 heteroatoms. The van der Waals surface area contributed by atoms with Gasteiger partial charge in [-0.15, -0.1) is 12.4 Å². The van der Waals surface area contributed by atoms with Gasteiger partial charge in [0, 0.05) is 0 Å². The quantitative estimate of drug-likeness (QED) is 0.732. The van der Waals surface area contributed by atoms with Crippen molar-refractivity contribution >= 4 is 12.4 Å². The molecule has 0 aliphatic carbocycles. The van der Waals surface area contributed by atoms with E-state index in [1.54, 1.807) is 0 Å². The summed E-state index contributed by atoms with van der Waals surface area (Å²) in [5.74, 6) is 0. The number of hydrogen-bond donors (Lipinski definition) is 1.